The molecule has 2 N–H and O–H groups in total. The van der Waals surface area contributed by atoms with Gasteiger partial charge in [0, 0.05) is 44.5 Å². The number of nitrogens with zero attached hydrogens (tertiary/aromatic N) is 1. The Balaban J connectivity index is 1.87. The molecule has 1 aromatic rings. The highest BCUT2D eigenvalue weighted by Gasteiger charge is 2.11. The normalized spacial score (nSPS) is 14.3. The molecule has 0 aromatic heterocycles. The van der Waals surface area contributed by atoms with E-state index < -0.39 is 0 Å². The van der Waals surface area contributed by atoms with Crippen molar-refractivity contribution in [3.05, 3.63) is 18.2 Å². The summed E-state index contributed by atoms with van der Waals surface area (Å²) in [6.07, 6.45) is 1.81. The number of benzene rings is 1. The number of rotatable bonds is 8. The van der Waals surface area contributed by atoms with Crippen LogP contribution in [0.25, 0.3) is 0 Å². The lowest BCUT2D eigenvalue weighted by Gasteiger charge is -2.14. The van der Waals surface area contributed by atoms with Gasteiger partial charge in [0.1, 0.15) is 0 Å². The first-order valence-corrected chi connectivity index (χ1v) is 9.21. The predicted octanol–water partition coefficient (Wildman–Crippen LogP) is 3.29. The Hall–Kier alpha value is -1.95. The van der Waals surface area contributed by atoms with Gasteiger partial charge in [-0.15, -0.1) is 0 Å². The molecule has 2 rings (SSSR count). The fourth-order valence-corrected chi connectivity index (χ4v) is 2.36. The number of nitrogens with one attached hydrogen (secondary N) is 2. The van der Waals surface area contributed by atoms with Gasteiger partial charge in [0.15, 0.2) is 17.5 Å². The first-order valence-electron chi connectivity index (χ1n) is 9.21. The zero-order valence-corrected chi connectivity index (χ0v) is 15.6. The van der Waals surface area contributed by atoms with Crippen molar-refractivity contribution in [2.45, 2.75) is 33.6 Å². The minimum Gasteiger partial charge on any atom is -0.490 e. The van der Waals surface area contributed by atoms with E-state index >= 15 is 0 Å². The molecule has 6 nitrogen and oxygen atoms in total. The third-order valence-corrected chi connectivity index (χ3v) is 3.52. The van der Waals surface area contributed by atoms with Crippen molar-refractivity contribution in [3.63, 3.8) is 0 Å². The third kappa shape index (κ3) is 7.22. The molecular weight excluding hydrogens is 318 g/mol. The lowest BCUT2D eigenvalue weighted by atomic mass is 10.2. The number of guanidine groups is 1. The van der Waals surface area contributed by atoms with Crippen LogP contribution in [0.5, 0.6) is 11.5 Å². The summed E-state index contributed by atoms with van der Waals surface area (Å²) >= 11 is 0. The first-order chi connectivity index (χ1) is 12.2. The van der Waals surface area contributed by atoms with Crippen LogP contribution < -0.4 is 20.1 Å². The van der Waals surface area contributed by atoms with E-state index in [1.54, 1.807) is 0 Å². The summed E-state index contributed by atoms with van der Waals surface area (Å²) in [5.41, 5.74) is 0.931. The van der Waals surface area contributed by atoms with Crippen LogP contribution in [0.15, 0.2) is 23.2 Å². The van der Waals surface area contributed by atoms with Crippen LogP contribution in [0.3, 0.4) is 0 Å². The molecule has 1 aliphatic heterocycles. The molecule has 1 heterocycles. The molecule has 0 fully saturated rings. The highest BCUT2D eigenvalue weighted by atomic mass is 16.5. The Bertz CT molecular complexity index is 547. The molecule has 140 valence electrons. The van der Waals surface area contributed by atoms with Gasteiger partial charge >= 0.3 is 0 Å². The lowest BCUT2D eigenvalue weighted by molar-refractivity contribution is 0.109. The summed E-state index contributed by atoms with van der Waals surface area (Å²) in [4.78, 5) is 4.60. The van der Waals surface area contributed by atoms with Crippen LogP contribution in [-0.4, -0.2) is 45.5 Å². The molecule has 0 saturated heterocycles. The zero-order chi connectivity index (χ0) is 17.9. The number of hydrogen-bond donors (Lipinski definition) is 2. The maximum atomic E-state index is 5.73. The van der Waals surface area contributed by atoms with Crippen LogP contribution in [0.4, 0.5) is 5.69 Å². The number of anilines is 1. The quantitative estimate of drug-likeness (QED) is 0.428. The maximum absolute atomic E-state index is 5.73. The lowest BCUT2D eigenvalue weighted by Crippen LogP contribution is -2.30. The summed E-state index contributed by atoms with van der Waals surface area (Å²) in [6, 6.07) is 5.87. The van der Waals surface area contributed by atoms with E-state index in [-0.39, 0.29) is 0 Å². The molecule has 0 saturated carbocycles. The Morgan fingerprint density at radius 3 is 2.80 bits per heavy atom. The molecule has 0 unspecified atom stereocenters. The van der Waals surface area contributed by atoms with Crippen LogP contribution in [-0.2, 0) is 4.74 Å². The van der Waals surface area contributed by atoms with E-state index in [9.17, 15) is 0 Å². The van der Waals surface area contributed by atoms with E-state index in [1.165, 1.54) is 0 Å². The van der Waals surface area contributed by atoms with E-state index in [4.69, 9.17) is 14.2 Å². The molecular formula is C19H31N3O3. The average Bonchev–Trinajstić information content (AvgIpc) is 2.82. The highest BCUT2D eigenvalue weighted by molar-refractivity contribution is 5.93. The number of fused-ring (bicyclic) bond motifs is 1. The molecule has 0 atom stereocenters. The van der Waals surface area contributed by atoms with E-state index in [0.29, 0.717) is 19.1 Å². The Kier molecular flexibility index (Phi) is 8.39. The Labute approximate surface area is 151 Å². The largest absolute Gasteiger partial charge is 0.490 e. The second-order valence-corrected chi connectivity index (χ2v) is 6.42. The van der Waals surface area contributed by atoms with E-state index in [0.717, 1.165) is 62.3 Å². The van der Waals surface area contributed by atoms with Crippen molar-refractivity contribution in [3.8, 4) is 11.5 Å². The SMILES string of the molecule is CCNC(=NCCCOCC(C)C)Nc1ccc2c(c1)OCCCO2. The van der Waals surface area contributed by atoms with Gasteiger partial charge in [0.2, 0.25) is 0 Å². The van der Waals surface area contributed by atoms with Crippen molar-refractivity contribution >= 4 is 11.6 Å². The molecule has 0 amide bonds. The van der Waals surface area contributed by atoms with Crippen LogP contribution in [0.2, 0.25) is 0 Å². The minimum absolute atomic E-state index is 0.571. The van der Waals surface area contributed by atoms with E-state index in [1.807, 2.05) is 18.2 Å². The summed E-state index contributed by atoms with van der Waals surface area (Å²) in [6.45, 7) is 10.8. The van der Waals surface area contributed by atoms with Gasteiger partial charge in [-0.05, 0) is 31.4 Å². The van der Waals surface area contributed by atoms with Gasteiger partial charge in [-0.1, -0.05) is 13.8 Å². The second-order valence-electron chi connectivity index (χ2n) is 6.42. The first kappa shape index (κ1) is 19.4. The van der Waals surface area contributed by atoms with Gasteiger partial charge in [-0.2, -0.15) is 0 Å². The molecule has 0 spiro atoms. The fourth-order valence-electron chi connectivity index (χ4n) is 2.36. The molecule has 1 aromatic carbocycles. The topological polar surface area (TPSA) is 64.1 Å². The maximum Gasteiger partial charge on any atom is 0.195 e. The Morgan fingerprint density at radius 2 is 2.04 bits per heavy atom. The number of ether oxygens (including phenoxy) is 3. The molecule has 0 aliphatic carbocycles. The van der Waals surface area contributed by atoms with E-state index in [2.05, 4.69) is 36.4 Å². The van der Waals surface area contributed by atoms with Gasteiger partial charge < -0.3 is 24.8 Å². The van der Waals surface area contributed by atoms with Gasteiger partial charge in [0.05, 0.1) is 13.2 Å². The van der Waals surface area contributed by atoms with Crippen LogP contribution in [0, 0.1) is 5.92 Å². The summed E-state index contributed by atoms with van der Waals surface area (Å²) in [5.74, 6) is 2.91. The molecule has 25 heavy (non-hydrogen) atoms. The molecule has 1 aliphatic rings. The summed E-state index contributed by atoms with van der Waals surface area (Å²) in [5, 5.41) is 6.58. The van der Waals surface area contributed by atoms with Gasteiger partial charge in [-0.3, -0.25) is 4.99 Å². The number of hydrogen-bond acceptors (Lipinski definition) is 4. The monoisotopic (exact) mass is 349 g/mol. The van der Waals surface area contributed by atoms with Crippen molar-refractivity contribution in [2.75, 3.05) is 44.8 Å². The highest BCUT2D eigenvalue weighted by Crippen LogP contribution is 2.32. The summed E-state index contributed by atoms with van der Waals surface area (Å²) in [7, 11) is 0. The standard InChI is InChI=1S/C19H31N3O3/c1-4-20-19(21-9-5-10-23-14-15(2)3)22-16-7-8-17-18(13-16)25-12-6-11-24-17/h7-8,13,15H,4-6,9-12,14H2,1-3H3,(H2,20,21,22). The molecule has 0 radical (unpaired) electrons. The minimum atomic E-state index is 0.571. The average molecular weight is 349 g/mol. The van der Waals surface area contributed by atoms with Gasteiger partial charge in [0.25, 0.3) is 0 Å². The van der Waals surface area contributed by atoms with Gasteiger partial charge in [-0.25, -0.2) is 0 Å². The second kappa shape index (κ2) is 10.8. The smallest absolute Gasteiger partial charge is 0.195 e. The number of aliphatic imine (C=N–C) groups is 1. The third-order valence-electron chi connectivity index (χ3n) is 3.52. The van der Waals surface area contributed by atoms with Crippen LogP contribution >= 0.6 is 0 Å². The zero-order valence-electron chi connectivity index (χ0n) is 15.6. The van der Waals surface area contributed by atoms with Crippen molar-refractivity contribution in [1.82, 2.24) is 5.32 Å². The van der Waals surface area contributed by atoms with Crippen LogP contribution in [0.1, 0.15) is 33.6 Å². The summed E-state index contributed by atoms with van der Waals surface area (Å²) < 4.78 is 17.0. The Morgan fingerprint density at radius 1 is 1.24 bits per heavy atom. The van der Waals surface area contributed by atoms with Crippen molar-refractivity contribution in [1.29, 1.82) is 0 Å². The fraction of sp³-hybridized carbons (Fsp3) is 0.632. The molecule has 0 bridgehead atoms. The van der Waals surface area contributed by atoms with Crippen molar-refractivity contribution in [2.24, 2.45) is 10.9 Å². The molecule has 6 heteroatoms. The predicted molar refractivity (Wildman–Crippen MR) is 102 cm³/mol. The van der Waals surface area contributed by atoms with Crippen molar-refractivity contribution < 1.29 is 14.2 Å².